The van der Waals surface area contributed by atoms with E-state index in [-0.39, 0.29) is 5.69 Å². The summed E-state index contributed by atoms with van der Waals surface area (Å²) in [7, 11) is 1.56. The van der Waals surface area contributed by atoms with E-state index in [0.29, 0.717) is 22.8 Å². The number of rotatable bonds is 6. The fourth-order valence-electron chi connectivity index (χ4n) is 3.87. The molecule has 9 heteroatoms. The molecular formula is C24H23N5O4. The molecule has 4 rings (SSSR count). The molecule has 33 heavy (non-hydrogen) atoms. The van der Waals surface area contributed by atoms with Crippen LogP contribution in [0.1, 0.15) is 29.8 Å². The van der Waals surface area contributed by atoms with Gasteiger partial charge in [-0.3, -0.25) is 10.1 Å². The molecule has 0 fully saturated rings. The summed E-state index contributed by atoms with van der Waals surface area (Å²) >= 11 is 0. The molecular weight excluding hydrogens is 422 g/mol. The Morgan fingerprint density at radius 2 is 1.85 bits per heavy atom. The van der Waals surface area contributed by atoms with E-state index in [1.54, 1.807) is 36.4 Å². The Morgan fingerprint density at radius 1 is 1.12 bits per heavy atom. The predicted molar refractivity (Wildman–Crippen MR) is 125 cm³/mol. The number of hydrazine groups is 1. The number of non-ortho nitro benzene ring substituents is 1. The van der Waals surface area contributed by atoms with E-state index in [2.05, 4.69) is 0 Å². The minimum atomic E-state index is -0.743. The number of carbonyl (C=O) groups is 1. The number of nitro groups is 1. The van der Waals surface area contributed by atoms with Crippen LogP contribution in [0.15, 0.2) is 77.8 Å². The number of hydrogen-bond acceptors (Lipinski definition) is 6. The quantitative estimate of drug-likeness (QED) is 0.445. The van der Waals surface area contributed by atoms with E-state index in [9.17, 15) is 14.9 Å². The molecule has 2 amide bonds. The molecule has 0 aromatic heterocycles. The molecule has 0 saturated carbocycles. The van der Waals surface area contributed by atoms with Gasteiger partial charge in [-0.15, -0.1) is 0 Å². The first-order valence-electron chi connectivity index (χ1n) is 10.4. The number of urea groups is 1. The highest BCUT2D eigenvalue weighted by Gasteiger charge is 2.40. The SMILES string of the molecule is CCc1ccccc1C1=NC(c2cccc(OC)c2)N(C(N)=O)N1c1ccc([N+](=O)[O-])cc1. The number of amidine groups is 1. The molecule has 9 nitrogen and oxygen atoms in total. The van der Waals surface area contributed by atoms with Gasteiger partial charge in [0.15, 0.2) is 12.0 Å². The first-order valence-corrected chi connectivity index (χ1v) is 10.4. The van der Waals surface area contributed by atoms with Crippen molar-refractivity contribution in [2.75, 3.05) is 12.1 Å². The number of nitro benzene ring substituents is 1. The normalized spacial score (nSPS) is 15.3. The minimum absolute atomic E-state index is 0.0552. The van der Waals surface area contributed by atoms with Crippen LogP contribution in [-0.2, 0) is 6.42 Å². The summed E-state index contributed by atoms with van der Waals surface area (Å²) in [5.41, 5.74) is 8.91. The van der Waals surface area contributed by atoms with E-state index in [0.717, 1.165) is 17.5 Å². The molecule has 3 aromatic rings. The lowest BCUT2D eigenvalue weighted by molar-refractivity contribution is -0.384. The maximum atomic E-state index is 12.7. The number of aliphatic imine (C=N–C) groups is 1. The van der Waals surface area contributed by atoms with Crippen molar-refractivity contribution in [2.45, 2.75) is 19.5 Å². The summed E-state index contributed by atoms with van der Waals surface area (Å²) in [5, 5.41) is 14.1. The molecule has 3 aromatic carbocycles. The van der Waals surface area contributed by atoms with Crippen LogP contribution >= 0.6 is 0 Å². The van der Waals surface area contributed by atoms with Crippen LogP contribution in [0.5, 0.6) is 5.75 Å². The zero-order valence-electron chi connectivity index (χ0n) is 18.2. The van der Waals surface area contributed by atoms with Crippen LogP contribution in [0.25, 0.3) is 0 Å². The summed E-state index contributed by atoms with van der Waals surface area (Å²) < 4.78 is 5.34. The third kappa shape index (κ3) is 4.08. The van der Waals surface area contributed by atoms with Crippen molar-refractivity contribution in [3.05, 3.63) is 99.6 Å². The van der Waals surface area contributed by atoms with Crippen molar-refractivity contribution in [1.82, 2.24) is 5.01 Å². The Balaban J connectivity index is 1.91. The van der Waals surface area contributed by atoms with Crippen LogP contribution in [0, 0.1) is 10.1 Å². The minimum Gasteiger partial charge on any atom is -0.497 e. The molecule has 0 spiro atoms. The number of amides is 2. The lowest BCUT2D eigenvalue weighted by Crippen LogP contribution is -2.49. The number of primary amides is 1. The molecule has 1 aliphatic heterocycles. The highest BCUT2D eigenvalue weighted by Crippen LogP contribution is 2.37. The molecule has 0 saturated heterocycles. The van der Waals surface area contributed by atoms with Gasteiger partial charge in [0.05, 0.1) is 17.7 Å². The number of methoxy groups -OCH3 is 1. The van der Waals surface area contributed by atoms with Gasteiger partial charge in [-0.05, 0) is 36.2 Å². The third-order valence-electron chi connectivity index (χ3n) is 5.45. The number of benzene rings is 3. The molecule has 1 unspecified atom stereocenters. The van der Waals surface area contributed by atoms with Gasteiger partial charge < -0.3 is 10.5 Å². The molecule has 1 atom stereocenters. The number of aryl methyl sites for hydroxylation is 1. The van der Waals surface area contributed by atoms with Crippen LogP contribution in [0.3, 0.4) is 0 Å². The van der Waals surface area contributed by atoms with Crippen molar-refractivity contribution in [3.8, 4) is 5.75 Å². The Hall–Kier alpha value is -4.40. The fourth-order valence-corrected chi connectivity index (χ4v) is 3.87. The molecule has 168 valence electrons. The predicted octanol–water partition coefficient (Wildman–Crippen LogP) is 4.43. The molecule has 0 bridgehead atoms. The van der Waals surface area contributed by atoms with E-state index in [1.807, 2.05) is 43.3 Å². The molecule has 1 heterocycles. The van der Waals surface area contributed by atoms with Crippen LogP contribution in [0.2, 0.25) is 0 Å². The second-order valence-corrected chi connectivity index (χ2v) is 7.38. The zero-order chi connectivity index (χ0) is 23.5. The topological polar surface area (TPSA) is 114 Å². The van der Waals surface area contributed by atoms with Crippen LogP contribution in [-0.4, -0.2) is 28.9 Å². The molecule has 0 aliphatic carbocycles. The maximum Gasteiger partial charge on any atom is 0.336 e. The van der Waals surface area contributed by atoms with E-state index >= 15 is 0 Å². The van der Waals surface area contributed by atoms with E-state index in [1.165, 1.54) is 17.1 Å². The summed E-state index contributed by atoms with van der Waals surface area (Å²) in [6, 6.07) is 20.2. The first-order chi connectivity index (χ1) is 15.9. The van der Waals surface area contributed by atoms with Gasteiger partial charge in [0.2, 0.25) is 0 Å². The largest absolute Gasteiger partial charge is 0.497 e. The van der Waals surface area contributed by atoms with Gasteiger partial charge in [-0.2, -0.15) is 0 Å². The molecule has 0 radical (unpaired) electrons. The Morgan fingerprint density at radius 3 is 2.48 bits per heavy atom. The van der Waals surface area contributed by atoms with Crippen molar-refractivity contribution in [2.24, 2.45) is 10.7 Å². The van der Waals surface area contributed by atoms with Crippen molar-refractivity contribution < 1.29 is 14.5 Å². The average Bonchev–Trinajstić information content (AvgIpc) is 3.25. The number of nitrogens with zero attached hydrogens (tertiary/aromatic N) is 4. The lowest BCUT2D eigenvalue weighted by atomic mass is 10.0. The second-order valence-electron chi connectivity index (χ2n) is 7.38. The average molecular weight is 445 g/mol. The number of carbonyl (C=O) groups excluding carboxylic acids is 1. The second kappa shape index (κ2) is 8.99. The maximum absolute atomic E-state index is 12.7. The highest BCUT2D eigenvalue weighted by atomic mass is 16.6. The number of ether oxygens (including phenoxy) is 1. The Labute approximate surface area is 190 Å². The Bertz CT molecular complexity index is 1230. The zero-order valence-corrected chi connectivity index (χ0v) is 18.2. The summed E-state index contributed by atoms with van der Waals surface area (Å²) in [4.78, 5) is 28.3. The van der Waals surface area contributed by atoms with Crippen molar-refractivity contribution >= 4 is 23.2 Å². The van der Waals surface area contributed by atoms with Crippen molar-refractivity contribution in [1.29, 1.82) is 0 Å². The monoisotopic (exact) mass is 445 g/mol. The highest BCUT2D eigenvalue weighted by molar-refractivity contribution is 6.13. The third-order valence-corrected chi connectivity index (χ3v) is 5.45. The summed E-state index contributed by atoms with van der Waals surface area (Å²) in [6.45, 7) is 2.04. The van der Waals surface area contributed by atoms with Gasteiger partial charge in [0.25, 0.3) is 5.69 Å². The fraction of sp³-hybridized carbons (Fsp3) is 0.167. The van der Waals surface area contributed by atoms with E-state index in [4.69, 9.17) is 15.5 Å². The van der Waals surface area contributed by atoms with Gasteiger partial charge in [0.1, 0.15) is 5.75 Å². The van der Waals surface area contributed by atoms with Gasteiger partial charge >= 0.3 is 6.03 Å². The number of anilines is 1. The lowest BCUT2D eigenvalue weighted by Gasteiger charge is -2.32. The standard InChI is InChI=1S/C24H23N5O4/c1-3-16-7-4-5-10-21(16)23-26-22(17-8-6-9-20(15-17)33-2)28(24(25)30)27(23)18-11-13-19(14-12-18)29(31)32/h4-15,22H,3H2,1-2H3,(H2,25,30). The summed E-state index contributed by atoms with van der Waals surface area (Å²) in [6.07, 6.45) is 0.0108. The molecule has 1 aliphatic rings. The van der Waals surface area contributed by atoms with Gasteiger partial charge in [-0.1, -0.05) is 43.3 Å². The van der Waals surface area contributed by atoms with Crippen LogP contribution in [0.4, 0.5) is 16.2 Å². The number of nitrogens with two attached hydrogens (primary N) is 1. The molecule has 2 N–H and O–H groups in total. The van der Waals surface area contributed by atoms with E-state index < -0.39 is 17.1 Å². The van der Waals surface area contributed by atoms with Gasteiger partial charge in [-0.25, -0.2) is 19.8 Å². The van der Waals surface area contributed by atoms with Crippen molar-refractivity contribution in [3.63, 3.8) is 0 Å². The number of hydrogen-bond donors (Lipinski definition) is 1. The smallest absolute Gasteiger partial charge is 0.336 e. The first kappa shape index (κ1) is 21.8. The van der Waals surface area contributed by atoms with Gasteiger partial charge in [0, 0.05) is 23.3 Å². The summed E-state index contributed by atoms with van der Waals surface area (Å²) in [5.74, 6) is 1.14. The van der Waals surface area contributed by atoms with Crippen LogP contribution < -0.4 is 15.5 Å². The Kier molecular flexibility index (Phi) is 5.95.